The molecule has 0 aliphatic carbocycles. The molecule has 1 saturated heterocycles. The smallest absolute Gasteiger partial charge is 0.273 e. The first-order valence-corrected chi connectivity index (χ1v) is 6.60. The maximum absolute atomic E-state index is 14.3. The Hall–Kier alpha value is -1.49. The largest absolute Gasteiger partial charge is 0.342 e. The summed E-state index contributed by atoms with van der Waals surface area (Å²) in [6, 6.07) is 4.68. The third-order valence-electron chi connectivity index (χ3n) is 3.73. The van der Waals surface area contributed by atoms with Crippen LogP contribution in [0.5, 0.6) is 0 Å². The van der Waals surface area contributed by atoms with E-state index in [0.717, 1.165) is 24.3 Å². The number of hydrogen-bond donors (Lipinski definition) is 2. The van der Waals surface area contributed by atoms with Gasteiger partial charge in [-0.1, -0.05) is 6.07 Å². The quantitative estimate of drug-likeness (QED) is 0.895. The Morgan fingerprint density at radius 2 is 2.26 bits per heavy atom. The molecule has 0 bridgehead atoms. The second-order valence-electron chi connectivity index (χ2n) is 5.32. The number of halogens is 2. The van der Waals surface area contributed by atoms with E-state index >= 15 is 0 Å². The van der Waals surface area contributed by atoms with Gasteiger partial charge in [-0.15, -0.1) is 0 Å². The molecule has 0 spiro atoms. The number of hydrogen-bond acceptors (Lipinski definition) is 2. The number of aromatic nitrogens is 2. The van der Waals surface area contributed by atoms with E-state index in [9.17, 15) is 8.78 Å². The van der Waals surface area contributed by atoms with Crippen LogP contribution in [-0.4, -0.2) is 23.1 Å². The zero-order chi connectivity index (χ0) is 13.5. The van der Waals surface area contributed by atoms with Gasteiger partial charge < -0.3 is 10.3 Å². The van der Waals surface area contributed by atoms with Crippen LogP contribution in [0.2, 0.25) is 0 Å². The Kier molecular flexibility index (Phi) is 3.01. The molecule has 1 atom stereocenters. The number of rotatable bonds is 3. The Bertz CT molecular complexity index is 585. The van der Waals surface area contributed by atoms with Crippen molar-refractivity contribution in [2.75, 3.05) is 13.1 Å². The number of nitrogens with one attached hydrogen (secondary N) is 2. The molecule has 0 radical (unpaired) electrons. The highest BCUT2D eigenvalue weighted by Gasteiger charge is 2.35. The molecule has 0 amide bonds. The molecule has 2 N–H and O–H groups in total. The molecule has 5 heteroatoms. The van der Waals surface area contributed by atoms with E-state index in [-0.39, 0.29) is 17.9 Å². The summed E-state index contributed by atoms with van der Waals surface area (Å²) >= 11 is 0. The first kappa shape index (κ1) is 12.5. The Balaban J connectivity index is 1.88. The minimum Gasteiger partial charge on any atom is -0.342 e. The Morgan fingerprint density at radius 1 is 1.42 bits per heavy atom. The van der Waals surface area contributed by atoms with Gasteiger partial charge in [0.15, 0.2) is 0 Å². The van der Waals surface area contributed by atoms with Crippen molar-refractivity contribution in [1.29, 1.82) is 0 Å². The summed E-state index contributed by atoms with van der Waals surface area (Å²) in [5.74, 6) is -1.96. The second-order valence-corrected chi connectivity index (χ2v) is 5.32. The average molecular weight is 265 g/mol. The van der Waals surface area contributed by atoms with E-state index in [4.69, 9.17) is 0 Å². The summed E-state index contributed by atoms with van der Waals surface area (Å²) in [5, 5.41) is 3.13. The van der Waals surface area contributed by atoms with Gasteiger partial charge in [-0.3, -0.25) is 0 Å². The molecule has 19 heavy (non-hydrogen) atoms. The molecular formula is C14H17F2N3. The van der Waals surface area contributed by atoms with Gasteiger partial charge in [-0.25, -0.2) is 13.8 Å². The third-order valence-corrected chi connectivity index (χ3v) is 3.73. The number of benzene rings is 1. The molecular weight excluding hydrogens is 248 g/mol. The number of nitrogens with zero attached hydrogens (tertiary/aromatic N) is 1. The van der Waals surface area contributed by atoms with Crippen LogP contribution in [0.3, 0.4) is 0 Å². The lowest BCUT2D eigenvalue weighted by Crippen LogP contribution is -2.20. The molecule has 1 unspecified atom stereocenters. The van der Waals surface area contributed by atoms with Gasteiger partial charge in [-0.05, 0) is 44.5 Å². The van der Waals surface area contributed by atoms with Crippen LogP contribution in [0.25, 0.3) is 11.0 Å². The van der Waals surface area contributed by atoms with Crippen molar-refractivity contribution in [2.24, 2.45) is 5.92 Å². The number of aryl methyl sites for hydroxylation is 1. The maximum atomic E-state index is 14.3. The van der Waals surface area contributed by atoms with Gasteiger partial charge in [0.2, 0.25) is 0 Å². The van der Waals surface area contributed by atoms with Gasteiger partial charge in [-0.2, -0.15) is 0 Å². The van der Waals surface area contributed by atoms with Crippen molar-refractivity contribution in [2.45, 2.75) is 25.7 Å². The van der Waals surface area contributed by atoms with Gasteiger partial charge in [0.1, 0.15) is 5.82 Å². The van der Waals surface area contributed by atoms with Crippen molar-refractivity contribution < 1.29 is 8.78 Å². The maximum Gasteiger partial charge on any atom is 0.273 e. The fourth-order valence-electron chi connectivity index (χ4n) is 2.73. The molecule has 1 aromatic heterocycles. The molecule has 102 valence electrons. The van der Waals surface area contributed by atoms with Crippen molar-refractivity contribution in [3.63, 3.8) is 0 Å². The summed E-state index contributed by atoms with van der Waals surface area (Å²) < 4.78 is 28.6. The highest BCUT2D eigenvalue weighted by atomic mass is 19.3. The minimum atomic E-state index is -2.77. The zero-order valence-electron chi connectivity index (χ0n) is 10.8. The van der Waals surface area contributed by atoms with Crippen LogP contribution in [0.1, 0.15) is 24.2 Å². The van der Waals surface area contributed by atoms with Crippen molar-refractivity contribution >= 4 is 11.0 Å². The van der Waals surface area contributed by atoms with Gasteiger partial charge >= 0.3 is 0 Å². The fourth-order valence-corrected chi connectivity index (χ4v) is 2.73. The molecule has 3 rings (SSSR count). The predicted octanol–water partition coefficient (Wildman–Crippen LogP) is 2.96. The number of fused-ring (bicyclic) bond motifs is 1. The van der Waals surface area contributed by atoms with E-state index in [0.29, 0.717) is 12.1 Å². The average Bonchev–Trinajstić information content (AvgIpc) is 2.95. The van der Waals surface area contributed by atoms with Crippen LogP contribution in [-0.2, 0) is 5.92 Å². The van der Waals surface area contributed by atoms with E-state index in [1.54, 1.807) is 6.07 Å². The summed E-state index contributed by atoms with van der Waals surface area (Å²) in [6.45, 7) is 3.36. The van der Waals surface area contributed by atoms with Gasteiger partial charge in [0.25, 0.3) is 5.92 Å². The lowest BCUT2D eigenvalue weighted by Gasteiger charge is -2.20. The highest BCUT2D eigenvalue weighted by molar-refractivity contribution is 5.76. The first-order chi connectivity index (χ1) is 9.04. The summed E-state index contributed by atoms with van der Waals surface area (Å²) in [5.41, 5.74) is 1.49. The molecule has 1 aliphatic rings. The standard InChI is InChI=1S/C14H17F2N3/c1-9-18-12-3-2-11(6-13(12)19-9)14(15,16)7-10-4-5-17-8-10/h2-3,6,10,17H,4-5,7-8H2,1H3,(H,18,19). The molecule has 0 saturated carbocycles. The fraction of sp³-hybridized carbons (Fsp3) is 0.500. The van der Waals surface area contributed by atoms with Crippen LogP contribution < -0.4 is 5.32 Å². The topological polar surface area (TPSA) is 40.7 Å². The Morgan fingerprint density at radius 3 is 3.00 bits per heavy atom. The minimum absolute atomic E-state index is 0.0641. The zero-order valence-corrected chi connectivity index (χ0v) is 10.8. The molecule has 3 nitrogen and oxygen atoms in total. The summed E-state index contributed by atoms with van der Waals surface area (Å²) in [4.78, 5) is 7.24. The van der Waals surface area contributed by atoms with Gasteiger partial charge in [0, 0.05) is 12.0 Å². The Labute approximate surface area is 110 Å². The lowest BCUT2D eigenvalue weighted by molar-refractivity contribution is -0.0267. The second kappa shape index (κ2) is 4.56. The molecule has 1 aliphatic heterocycles. The van der Waals surface area contributed by atoms with E-state index in [2.05, 4.69) is 15.3 Å². The van der Waals surface area contributed by atoms with Crippen LogP contribution >= 0.6 is 0 Å². The third kappa shape index (κ3) is 2.47. The van der Waals surface area contributed by atoms with E-state index in [1.807, 2.05) is 6.92 Å². The lowest BCUT2D eigenvalue weighted by atomic mass is 9.95. The molecule has 2 heterocycles. The number of imidazole rings is 1. The van der Waals surface area contributed by atoms with Crippen molar-refractivity contribution in [1.82, 2.24) is 15.3 Å². The number of H-pyrrole nitrogens is 1. The van der Waals surface area contributed by atoms with Crippen LogP contribution in [0.4, 0.5) is 8.78 Å². The van der Waals surface area contributed by atoms with E-state index in [1.165, 1.54) is 12.1 Å². The summed E-state index contributed by atoms with van der Waals surface area (Å²) in [6.07, 6.45) is 0.750. The highest BCUT2D eigenvalue weighted by Crippen LogP contribution is 2.37. The first-order valence-electron chi connectivity index (χ1n) is 6.60. The van der Waals surface area contributed by atoms with Crippen LogP contribution in [0.15, 0.2) is 18.2 Å². The predicted molar refractivity (Wildman–Crippen MR) is 70.3 cm³/mol. The van der Waals surface area contributed by atoms with Crippen molar-refractivity contribution in [3.05, 3.63) is 29.6 Å². The number of alkyl halides is 2. The normalized spacial score (nSPS) is 20.3. The molecule has 2 aromatic rings. The van der Waals surface area contributed by atoms with Gasteiger partial charge in [0.05, 0.1) is 11.0 Å². The van der Waals surface area contributed by atoms with E-state index < -0.39 is 5.92 Å². The molecule has 1 aromatic carbocycles. The SMILES string of the molecule is Cc1nc2ccc(C(F)(F)CC3CCNC3)cc2[nH]1. The monoisotopic (exact) mass is 265 g/mol. The summed E-state index contributed by atoms with van der Waals surface area (Å²) in [7, 11) is 0. The number of aromatic amines is 1. The van der Waals surface area contributed by atoms with Crippen molar-refractivity contribution in [3.8, 4) is 0 Å². The van der Waals surface area contributed by atoms with Crippen LogP contribution in [0, 0.1) is 12.8 Å². The molecule has 1 fully saturated rings.